The highest BCUT2D eigenvalue weighted by atomic mass is 32.2. The minimum absolute atomic E-state index is 0.192. The van der Waals surface area contributed by atoms with Crippen molar-refractivity contribution in [2.75, 3.05) is 19.3 Å². The first-order valence-corrected chi connectivity index (χ1v) is 15.0. The van der Waals surface area contributed by atoms with E-state index in [9.17, 15) is 26.0 Å². The van der Waals surface area contributed by atoms with Gasteiger partial charge in [0.05, 0.1) is 17.0 Å². The number of aromatic nitrogens is 3. The number of alkyl halides is 4. The van der Waals surface area contributed by atoms with Crippen LogP contribution in [0, 0.1) is 0 Å². The molecule has 0 amide bonds. The van der Waals surface area contributed by atoms with E-state index in [1.54, 1.807) is 30.5 Å². The minimum atomic E-state index is -3.71. The molecule has 5 rings (SSSR count). The zero-order valence-corrected chi connectivity index (χ0v) is 22.8. The zero-order valence-electron chi connectivity index (χ0n) is 21.2. The molecule has 2 aliphatic rings. The molecule has 0 aliphatic carbocycles. The van der Waals surface area contributed by atoms with Gasteiger partial charge in [-0.3, -0.25) is 0 Å². The van der Waals surface area contributed by atoms with Crippen molar-refractivity contribution in [3.05, 3.63) is 69.6 Å². The predicted molar refractivity (Wildman–Crippen MR) is 140 cm³/mol. The van der Waals surface area contributed by atoms with E-state index in [-0.39, 0.29) is 11.7 Å². The number of piperidine rings is 1. The van der Waals surface area contributed by atoms with Crippen LogP contribution in [0.1, 0.15) is 71.8 Å². The number of benzene rings is 1. The van der Waals surface area contributed by atoms with Crippen LogP contribution in [-0.2, 0) is 15.0 Å². The van der Waals surface area contributed by atoms with Crippen molar-refractivity contribution in [3.8, 4) is 5.75 Å². The number of hydrogen-bond donors (Lipinski definition) is 0. The molecule has 9 nitrogen and oxygen atoms in total. The molecule has 2 aliphatic heterocycles. The highest BCUT2D eigenvalue weighted by Crippen LogP contribution is 2.37. The highest BCUT2D eigenvalue weighted by Gasteiger charge is 2.30. The van der Waals surface area contributed by atoms with Gasteiger partial charge in [0.1, 0.15) is 22.8 Å². The Kier molecular flexibility index (Phi) is 8.12. The fraction of sp³-hybridized carbons (Fsp3) is 0.400. The summed E-state index contributed by atoms with van der Waals surface area (Å²) in [7, 11) is -3.71. The van der Waals surface area contributed by atoms with E-state index in [2.05, 4.69) is 10.3 Å². The second-order valence-electron chi connectivity index (χ2n) is 9.38. The van der Waals surface area contributed by atoms with E-state index in [0.29, 0.717) is 36.5 Å². The lowest BCUT2D eigenvalue weighted by atomic mass is 9.98. The number of thiazole rings is 1. The fourth-order valence-corrected chi connectivity index (χ4v) is 6.04. The van der Waals surface area contributed by atoms with Crippen molar-refractivity contribution in [1.29, 1.82) is 0 Å². The quantitative estimate of drug-likeness (QED) is 0.229. The molecule has 1 aromatic carbocycles. The molecule has 1 fully saturated rings. The smallest absolute Gasteiger partial charge is 0.306 e. The molecule has 0 spiro atoms. The number of likely N-dealkylation sites (tertiary alicyclic amines) is 1. The number of rotatable bonds is 9. The van der Waals surface area contributed by atoms with Gasteiger partial charge in [0.2, 0.25) is 0 Å². The molecule has 0 bridgehead atoms. The Morgan fingerprint density at radius 1 is 1.12 bits per heavy atom. The average Bonchev–Trinajstić information content (AvgIpc) is 3.67. The summed E-state index contributed by atoms with van der Waals surface area (Å²) >= 11 is 1.52. The third kappa shape index (κ3) is 6.46. The van der Waals surface area contributed by atoms with E-state index in [4.69, 9.17) is 14.0 Å². The van der Waals surface area contributed by atoms with Gasteiger partial charge >= 0.3 is 10.1 Å². The maximum atomic E-state index is 13.2. The summed E-state index contributed by atoms with van der Waals surface area (Å²) in [6.07, 6.45) is -0.574. The van der Waals surface area contributed by atoms with Gasteiger partial charge in [-0.2, -0.15) is 13.5 Å². The van der Waals surface area contributed by atoms with E-state index >= 15 is 0 Å². The van der Waals surface area contributed by atoms with Crippen LogP contribution >= 0.6 is 11.3 Å². The Labute approximate surface area is 231 Å². The van der Waals surface area contributed by atoms with E-state index in [0.717, 1.165) is 34.9 Å². The molecule has 0 saturated carbocycles. The maximum Gasteiger partial charge on any atom is 0.306 e. The molecule has 214 valence electrons. The second kappa shape index (κ2) is 11.6. The lowest BCUT2D eigenvalue weighted by molar-refractivity contribution is 0.0845. The SMILES string of the molecule is CS(=O)(=O)Oc1ccccc1[C@@H]1CC(c2csc(C3CCN(C=Cn4nc(C(F)F)cc4C(F)F)CC3)n2)=NO1. The monoisotopic (exact) mass is 599 g/mol. The number of oxime groups is 1. The van der Waals surface area contributed by atoms with E-state index in [1.807, 2.05) is 10.3 Å². The molecule has 15 heteroatoms. The van der Waals surface area contributed by atoms with Gasteiger partial charge in [-0.1, -0.05) is 23.4 Å². The minimum Gasteiger partial charge on any atom is -0.387 e. The summed E-state index contributed by atoms with van der Waals surface area (Å²) in [5.41, 5.74) is 0.653. The van der Waals surface area contributed by atoms with Gasteiger partial charge in [-0.05, 0) is 25.0 Å². The second-order valence-corrected chi connectivity index (χ2v) is 11.8. The van der Waals surface area contributed by atoms with Crippen LogP contribution in [0.2, 0.25) is 0 Å². The Bertz CT molecular complexity index is 1510. The third-order valence-corrected chi connectivity index (χ3v) is 8.01. The molecule has 1 atom stereocenters. The van der Waals surface area contributed by atoms with Crippen LogP contribution in [0.3, 0.4) is 0 Å². The molecular weight excluding hydrogens is 574 g/mol. The first-order chi connectivity index (χ1) is 19.1. The van der Waals surface area contributed by atoms with Crippen molar-refractivity contribution < 1.29 is 35.0 Å². The predicted octanol–water partition coefficient (Wildman–Crippen LogP) is 5.73. The lowest BCUT2D eigenvalue weighted by Gasteiger charge is -2.30. The largest absolute Gasteiger partial charge is 0.387 e. The maximum absolute atomic E-state index is 13.2. The van der Waals surface area contributed by atoms with Gasteiger partial charge < -0.3 is 13.9 Å². The van der Waals surface area contributed by atoms with Gasteiger partial charge in [-0.15, -0.1) is 11.3 Å². The normalized spacial score (nSPS) is 18.6. The van der Waals surface area contributed by atoms with Crippen LogP contribution in [0.4, 0.5) is 17.6 Å². The Balaban J connectivity index is 1.18. The molecule has 0 N–H and O–H groups in total. The topological polar surface area (TPSA) is 98.9 Å². The summed E-state index contributed by atoms with van der Waals surface area (Å²) in [5, 5.41) is 10.6. The number of nitrogens with zero attached hydrogens (tertiary/aromatic N) is 5. The number of hydrogen-bond acceptors (Lipinski definition) is 9. The summed E-state index contributed by atoms with van der Waals surface area (Å²) in [4.78, 5) is 12.3. The van der Waals surface area contributed by atoms with Crippen LogP contribution in [0.5, 0.6) is 5.75 Å². The Hall–Kier alpha value is -3.46. The average molecular weight is 600 g/mol. The highest BCUT2D eigenvalue weighted by molar-refractivity contribution is 7.86. The molecule has 4 heterocycles. The molecule has 3 aromatic rings. The van der Waals surface area contributed by atoms with Crippen LogP contribution < -0.4 is 4.18 Å². The molecule has 1 saturated heterocycles. The van der Waals surface area contributed by atoms with Gasteiger partial charge in [0, 0.05) is 48.8 Å². The van der Waals surface area contributed by atoms with Crippen molar-refractivity contribution in [2.24, 2.45) is 5.16 Å². The van der Waals surface area contributed by atoms with Crippen molar-refractivity contribution in [1.82, 2.24) is 19.7 Å². The summed E-state index contributed by atoms with van der Waals surface area (Å²) in [6.45, 7) is 1.26. The van der Waals surface area contributed by atoms with Crippen molar-refractivity contribution in [2.45, 2.75) is 44.1 Å². The number of halogens is 4. The van der Waals surface area contributed by atoms with Crippen LogP contribution in [0.15, 0.2) is 47.1 Å². The fourth-order valence-electron chi connectivity index (χ4n) is 4.56. The number of para-hydroxylation sites is 1. The van der Waals surface area contributed by atoms with Crippen molar-refractivity contribution in [3.63, 3.8) is 0 Å². The van der Waals surface area contributed by atoms with Gasteiger partial charge in [-0.25, -0.2) is 27.2 Å². The lowest BCUT2D eigenvalue weighted by Crippen LogP contribution is -2.28. The molecule has 0 unspecified atom stereocenters. The van der Waals surface area contributed by atoms with E-state index in [1.165, 1.54) is 17.5 Å². The standard InChI is InChI=1S/C25H25F4N5O4S2/c1-40(35,36)38-21-5-3-2-4-16(21)22-13-17(32-37-22)19-14-39-25(30-19)15-6-8-33(9-7-15)10-11-34-20(24(28)29)12-18(31-34)23(26)27/h2-5,10-12,14-15,22-24H,6-9,13H2,1H3/t22-/m0/s1. The molecule has 0 radical (unpaired) electrons. The van der Waals surface area contributed by atoms with E-state index < -0.39 is 40.5 Å². The molecule has 2 aromatic heterocycles. The Morgan fingerprint density at radius 3 is 2.58 bits per heavy atom. The molecule has 40 heavy (non-hydrogen) atoms. The summed E-state index contributed by atoms with van der Waals surface area (Å²) < 4.78 is 81.3. The third-order valence-electron chi connectivity index (χ3n) is 6.52. The first-order valence-electron chi connectivity index (χ1n) is 12.3. The van der Waals surface area contributed by atoms with Gasteiger partial charge in [0.15, 0.2) is 6.10 Å². The Morgan fingerprint density at radius 2 is 1.88 bits per heavy atom. The summed E-state index contributed by atoms with van der Waals surface area (Å²) in [5.74, 6) is 0.386. The van der Waals surface area contributed by atoms with Crippen molar-refractivity contribution >= 4 is 33.4 Å². The van der Waals surface area contributed by atoms with Crippen LogP contribution in [-0.4, -0.2) is 53.1 Å². The zero-order chi connectivity index (χ0) is 28.4. The van der Waals surface area contributed by atoms with Gasteiger partial charge in [0.25, 0.3) is 12.9 Å². The summed E-state index contributed by atoms with van der Waals surface area (Å²) in [6, 6.07) is 7.46. The first kappa shape index (κ1) is 28.1. The van der Waals surface area contributed by atoms with Crippen LogP contribution in [0.25, 0.3) is 6.20 Å². The molecular formula is C25H25F4N5O4S2.